The van der Waals surface area contributed by atoms with Gasteiger partial charge in [0.05, 0.1) is 18.8 Å². The summed E-state index contributed by atoms with van der Waals surface area (Å²) in [7, 11) is 0. The molecule has 0 saturated carbocycles. The van der Waals surface area contributed by atoms with Crippen LogP contribution < -0.4 is 5.32 Å². The van der Waals surface area contributed by atoms with Crippen molar-refractivity contribution in [2.45, 2.75) is 328 Å². The second kappa shape index (κ2) is 60.1. The second-order valence-corrected chi connectivity index (χ2v) is 20.7. The van der Waals surface area contributed by atoms with Gasteiger partial charge in [-0.05, 0) is 64.2 Å². The van der Waals surface area contributed by atoms with Crippen LogP contribution >= 0.6 is 0 Å². The Bertz CT molecular complexity index is 1180. The lowest BCUT2D eigenvalue weighted by atomic mass is 10.0. The second-order valence-electron chi connectivity index (χ2n) is 20.7. The maximum atomic E-state index is 12.5. The maximum Gasteiger partial charge on any atom is 0.220 e. The molecule has 69 heavy (non-hydrogen) atoms. The Kier molecular flexibility index (Phi) is 58.2. The van der Waals surface area contributed by atoms with Crippen molar-refractivity contribution in [2.75, 3.05) is 6.61 Å². The molecular weight excluding hydrogens is 843 g/mol. The predicted molar refractivity (Wildman–Crippen MR) is 308 cm³/mol. The van der Waals surface area contributed by atoms with Crippen molar-refractivity contribution < 1.29 is 15.0 Å². The molecule has 0 aromatic heterocycles. The summed E-state index contributed by atoms with van der Waals surface area (Å²) in [5.74, 6) is -0.0300. The third kappa shape index (κ3) is 56.6. The highest BCUT2D eigenvalue weighted by molar-refractivity contribution is 5.76. The molecule has 2 atom stereocenters. The fourth-order valence-electron chi connectivity index (χ4n) is 9.37. The molecule has 0 radical (unpaired) electrons. The van der Waals surface area contributed by atoms with Crippen LogP contribution in [0.1, 0.15) is 316 Å². The van der Waals surface area contributed by atoms with Crippen molar-refractivity contribution in [3.05, 3.63) is 72.9 Å². The minimum Gasteiger partial charge on any atom is -0.394 e. The van der Waals surface area contributed by atoms with Gasteiger partial charge in [0.25, 0.3) is 0 Å². The Morgan fingerprint density at radius 2 is 0.638 bits per heavy atom. The number of aliphatic hydroxyl groups excluding tert-OH is 2. The lowest BCUT2D eigenvalue weighted by Gasteiger charge is -2.22. The number of carbonyl (C=O) groups excluding carboxylic acids is 1. The first kappa shape index (κ1) is 66.8. The maximum absolute atomic E-state index is 12.5. The monoisotopic (exact) mass is 962 g/mol. The summed E-state index contributed by atoms with van der Waals surface area (Å²) in [4.78, 5) is 12.5. The molecule has 0 rings (SSSR count). The third-order valence-electron chi connectivity index (χ3n) is 14.0. The number of unbranched alkanes of at least 4 members (excludes halogenated alkanes) is 37. The summed E-state index contributed by atoms with van der Waals surface area (Å²) in [5.41, 5.74) is 0. The molecule has 0 bridgehead atoms. The van der Waals surface area contributed by atoms with Gasteiger partial charge in [0.1, 0.15) is 0 Å². The SMILES string of the molecule is CC/C=C\C/C=C\C/C=C\C/C=C\C/C=C\C/C=C\CCCCCCCCCCCCCCCCC(=O)NC(CO)C(O)CCCCCCCCCCCCCCCCCCCCCCCCCC. The largest absolute Gasteiger partial charge is 0.394 e. The van der Waals surface area contributed by atoms with Gasteiger partial charge in [0.2, 0.25) is 5.91 Å². The number of hydrogen-bond donors (Lipinski definition) is 3. The molecule has 0 heterocycles. The van der Waals surface area contributed by atoms with Gasteiger partial charge in [-0.2, -0.15) is 0 Å². The third-order valence-corrected chi connectivity index (χ3v) is 14.0. The molecule has 3 N–H and O–H groups in total. The van der Waals surface area contributed by atoms with Gasteiger partial charge < -0.3 is 15.5 Å². The minimum atomic E-state index is -0.664. The smallest absolute Gasteiger partial charge is 0.220 e. The van der Waals surface area contributed by atoms with Crippen molar-refractivity contribution in [3.8, 4) is 0 Å². The van der Waals surface area contributed by atoms with Crippen LogP contribution in [-0.4, -0.2) is 34.9 Å². The summed E-state index contributed by atoms with van der Waals surface area (Å²) in [6.07, 6.45) is 86.2. The summed E-state index contributed by atoms with van der Waals surface area (Å²) >= 11 is 0. The molecule has 0 spiro atoms. The van der Waals surface area contributed by atoms with Crippen LogP contribution in [0.3, 0.4) is 0 Å². The van der Waals surface area contributed by atoms with Crippen LogP contribution in [0.25, 0.3) is 0 Å². The average Bonchev–Trinajstić information content (AvgIpc) is 3.35. The van der Waals surface area contributed by atoms with Crippen molar-refractivity contribution in [1.82, 2.24) is 5.32 Å². The highest BCUT2D eigenvalue weighted by atomic mass is 16.3. The standard InChI is InChI=1S/C65H119NO3/c1-3-5-7-9-11-13-15-17-19-21-23-25-27-29-30-31-32-33-34-35-36-37-39-41-43-45-47-49-51-53-55-57-59-61-65(69)66-63(62-67)64(68)60-58-56-54-52-50-48-46-44-42-40-38-28-26-24-22-20-18-16-14-12-10-8-6-4-2/h5,7,11,13,17,19,23,25,29-30,32-33,63-64,67-68H,3-4,6,8-10,12,14-16,18,20-22,24,26-28,31,34-62H2,1-2H3,(H,66,69)/b7-5-,13-11-,19-17-,25-23-,30-29-,33-32-. The van der Waals surface area contributed by atoms with E-state index in [-0.39, 0.29) is 12.5 Å². The predicted octanol–water partition coefficient (Wildman–Crippen LogP) is 20.5. The van der Waals surface area contributed by atoms with Gasteiger partial charge in [0, 0.05) is 6.42 Å². The van der Waals surface area contributed by atoms with E-state index >= 15 is 0 Å². The molecule has 1 amide bonds. The fraction of sp³-hybridized carbons (Fsp3) is 0.800. The van der Waals surface area contributed by atoms with Crippen molar-refractivity contribution in [3.63, 3.8) is 0 Å². The molecule has 4 nitrogen and oxygen atoms in total. The molecule has 0 aromatic carbocycles. The summed E-state index contributed by atoms with van der Waals surface area (Å²) in [6, 6.07) is -0.541. The van der Waals surface area contributed by atoms with Crippen molar-refractivity contribution >= 4 is 5.91 Å². The highest BCUT2D eigenvalue weighted by Gasteiger charge is 2.20. The van der Waals surface area contributed by atoms with Crippen LogP contribution in [0.2, 0.25) is 0 Å². The van der Waals surface area contributed by atoms with E-state index in [1.165, 1.54) is 225 Å². The van der Waals surface area contributed by atoms with E-state index in [2.05, 4.69) is 92.1 Å². The molecular formula is C65H119NO3. The van der Waals surface area contributed by atoms with E-state index in [9.17, 15) is 15.0 Å². The van der Waals surface area contributed by atoms with Crippen molar-refractivity contribution in [1.29, 1.82) is 0 Å². The first-order chi connectivity index (χ1) is 34.2. The number of amides is 1. The Labute approximate surface area is 431 Å². The number of rotatable bonds is 56. The molecule has 0 aliphatic heterocycles. The van der Waals surface area contributed by atoms with E-state index in [0.29, 0.717) is 12.8 Å². The average molecular weight is 963 g/mol. The molecule has 0 aliphatic carbocycles. The molecule has 0 saturated heterocycles. The normalized spacial score (nSPS) is 13.3. The van der Waals surface area contributed by atoms with E-state index in [4.69, 9.17) is 0 Å². The van der Waals surface area contributed by atoms with Gasteiger partial charge in [-0.15, -0.1) is 0 Å². The Balaban J connectivity index is 3.47. The zero-order valence-electron chi connectivity index (χ0n) is 46.3. The Morgan fingerprint density at radius 3 is 0.957 bits per heavy atom. The van der Waals surface area contributed by atoms with Gasteiger partial charge in [-0.1, -0.05) is 318 Å². The van der Waals surface area contributed by atoms with Gasteiger partial charge in [-0.25, -0.2) is 0 Å². The summed E-state index contributed by atoms with van der Waals surface area (Å²) in [6.45, 7) is 4.27. The Hall–Kier alpha value is -2.17. The molecule has 0 aromatic rings. The molecule has 402 valence electrons. The lowest BCUT2D eigenvalue weighted by molar-refractivity contribution is -0.123. The fourth-order valence-corrected chi connectivity index (χ4v) is 9.37. The van der Waals surface area contributed by atoms with Crippen LogP contribution in [-0.2, 0) is 4.79 Å². The quantitative estimate of drug-likeness (QED) is 0.0420. The van der Waals surface area contributed by atoms with Gasteiger partial charge in [0.15, 0.2) is 0 Å². The van der Waals surface area contributed by atoms with Crippen LogP contribution in [0.4, 0.5) is 0 Å². The first-order valence-electron chi connectivity index (χ1n) is 30.6. The van der Waals surface area contributed by atoms with Gasteiger partial charge >= 0.3 is 0 Å². The molecule has 0 fully saturated rings. The van der Waals surface area contributed by atoms with E-state index < -0.39 is 12.1 Å². The summed E-state index contributed by atoms with van der Waals surface area (Å²) < 4.78 is 0. The van der Waals surface area contributed by atoms with Crippen LogP contribution in [0.5, 0.6) is 0 Å². The minimum absolute atomic E-state index is 0.0300. The lowest BCUT2D eigenvalue weighted by Crippen LogP contribution is -2.45. The summed E-state index contributed by atoms with van der Waals surface area (Å²) in [5, 5.41) is 23.4. The Morgan fingerprint density at radius 1 is 0.362 bits per heavy atom. The zero-order chi connectivity index (χ0) is 49.9. The molecule has 4 heteroatoms. The topological polar surface area (TPSA) is 69.6 Å². The number of aliphatic hydroxyl groups is 2. The van der Waals surface area contributed by atoms with E-state index in [1.54, 1.807) is 0 Å². The number of allylic oxidation sites excluding steroid dienone is 12. The number of nitrogens with one attached hydrogen (secondary N) is 1. The van der Waals surface area contributed by atoms with E-state index in [1.807, 2.05) is 0 Å². The molecule has 0 aliphatic rings. The highest BCUT2D eigenvalue weighted by Crippen LogP contribution is 2.18. The van der Waals surface area contributed by atoms with Crippen LogP contribution in [0.15, 0.2) is 72.9 Å². The number of carbonyl (C=O) groups is 1. The van der Waals surface area contributed by atoms with Crippen LogP contribution in [0, 0.1) is 0 Å². The van der Waals surface area contributed by atoms with Gasteiger partial charge in [-0.3, -0.25) is 4.79 Å². The first-order valence-corrected chi connectivity index (χ1v) is 30.6. The van der Waals surface area contributed by atoms with Crippen molar-refractivity contribution in [2.24, 2.45) is 0 Å². The molecule has 2 unspecified atom stereocenters. The zero-order valence-corrected chi connectivity index (χ0v) is 46.3. The van der Waals surface area contributed by atoms with E-state index in [0.717, 1.165) is 64.2 Å². The number of hydrogen-bond acceptors (Lipinski definition) is 3.